The number of nitrogens with zero attached hydrogens (tertiary/aromatic N) is 2. The van der Waals surface area contributed by atoms with Gasteiger partial charge in [-0.05, 0) is 37.3 Å². The summed E-state index contributed by atoms with van der Waals surface area (Å²) >= 11 is 1.29. The number of nitrogens with one attached hydrogen (secondary N) is 2. The highest BCUT2D eigenvalue weighted by atomic mass is 32.1. The SMILES string of the molecule is CCC(CCC(C)=O)Nc1nc(=O)n(-c2cccs2)c(=O)[nH]1. The second kappa shape index (κ2) is 7.17. The molecule has 2 aromatic rings. The molecule has 2 aromatic heterocycles. The molecule has 22 heavy (non-hydrogen) atoms. The molecule has 2 N–H and O–H groups in total. The molecule has 0 amide bonds. The summed E-state index contributed by atoms with van der Waals surface area (Å²) in [6, 6.07) is 3.41. The van der Waals surface area contributed by atoms with E-state index in [1.165, 1.54) is 18.3 Å². The summed E-state index contributed by atoms with van der Waals surface area (Å²) in [7, 11) is 0. The molecule has 0 bridgehead atoms. The van der Waals surface area contributed by atoms with Crippen LogP contribution in [-0.4, -0.2) is 26.4 Å². The maximum absolute atomic E-state index is 12.1. The quantitative estimate of drug-likeness (QED) is 0.806. The van der Waals surface area contributed by atoms with Crippen molar-refractivity contribution in [1.29, 1.82) is 0 Å². The number of rotatable bonds is 7. The molecule has 2 heterocycles. The molecule has 0 fully saturated rings. The van der Waals surface area contributed by atoms with Crippen LogP contribution in [0, 0.1) is 0 Å². The number of hydrogen-bond acceptors (Lipinski definition) is 6. The van der Waals surface area contributed by atoms with E-state index < -0.39 is 11.4 Å². The molecule has 0 saturated carbocycles. The van der Waals surface area contributed by atoms with Gasteiger partial charge in [0.25, 0.3) is 0 Å². The minimum absolute atomic E-state index is 0.0240. The van der Waals surface area contributed by atoms with Crippen LogP contribution in [0.25, 0.3) is 5.00 Å². The Balaban J connectivity index is 2.21. The Bertz CT molecular complexity index is 717. The number of carbonyl (C=O) groups excluding carboxylic acids is 1. The Morgan fingerprint density at radius 3 is 2.82 bits per heavy atom. The van der Waals surface area contributed by atoms with Gasteiger partial charge >= 0.3 is 11.4 Å². The molecule has 0 aliphatic heterocycles. The normalized spacial score (nSPS) is 12.1. The lowest BCUT2D eigenvalue weighted by Gasteiger charge is -2.16. The smallest absolute Gasteiger partial charge is 0.353 e. The molecule has 2 rings (SSSR count). The molecular weight excluding hydrogens is 304 g/mol. The minimum Gasteiger partial charge on any atom is -0.353 e. The number of thiophene rings is 1. The summed E-state index contributed by atoms with van der Waals surface area (Å²) in [6.07, 6.45) is 1.83. The summed E-state index contributed by atoms with van der Waals surface area (Å²) in [5.41, 5.74) is -1.17. The largest absolute Gasteiger partial charge is 0.360 e. The summed E-state index contributed by atoms with van der Waals surface area (Å²) in [5, 5.41) is 5.31. The number of Topliss-reactive ketones (excluding diaryl/α,β-unsaturated/α-hetero) is 1. The molecule has 0 aromatic carbocycles. The van der Waals surface area contributed by atoms with E-state index in [-0.39, 0.29) is 17.8 Å². The zero-order chi connectivity index (χ0) is 16.1. The first kappa shape index (κ1) is 16.2. The van der Waals surface area contributed by atoms with Crippen LogP contribution < -0.4 is 16.7 Å². The van der Waals surface area contributed by atoms with Gasteiger partial charge in [-0.2, -0.15) is 4.98 Å². The number of hydrogen-bond donors (Lipinski definition) is 2. The third kappa shape index (κ3) is 3.91. The van der Waals surface area contributed by atoms with E-state index >= 15 is 0 Å². The van der Waals surface area contributed by atoms with Gasteiger partial charge in [0.15, 0.2) is 0 Å². The van der Waals surface area contributed by atoms with Crippen LogP contribution in [-0.2, 0) is 4.79 Å². The van der Waals surface area contributed by atoms with Crippen LogP contribution in [0.15, 0.2) is 27.1 Å². The first-order chi connectivity index (χ1) is 10.5. The van der Waals surface area contributed by atoms with Crippen molar-refractivity contribution in [3.63, 3.8) is 0 Å². The summed E-state index contributed by atoms with van der Waals surface area (Å²) < 4.78 is 0.992. The standard InChI is InChI=1S/C14H18N4O3S/c1-3-10(7-6-9(2)19)15-12-16-13(20)18(14(21)17-12)11-5-4-8-22-11/h4-5,8,10H,3,6-7H2,1-2H3,(H2,15,16,17,20,21). The Kier molecular flexibility index (Phi) is 5.26. The fraction of sp³-hybridized carbons (Fsp3) is 0.429. The van der Waals surface area contributed by atoms with Crippen molar-refractivity contribution >= 4 is 23.1 Å². The van der Waals surface area contributed by atoms with E-state index in [0.717, 1.165) is 11.0 Å². The fourth-order valence-corrected chi connectivity index (χ4v) is 2.75. The van der Waals surface area contributed by atoms with Crippen LogP contribution in [0.1, 0.15) is 33.1 Å². The van der Waals surface area contributed by atoms with Gasteiger partial charge < -0.3 is 10.1 Å². The first-order valence-electron chi connectivity index (χ1n) is 7.04. The molecule has 1 atom stereocenters. The lowest BCUT2D eigenvalue weighted by molar-refractivity contribution is -0.117. The van der Waals surface area contributed by atoms with Crippen molar-refractivity contribution < 1.29 is 4.79 Å². The topological polar surface area (TPSA) is 96.8 Å². The molecule has 0 saturated heterocycles. The first-order valence-corrected chi connectivity index (χ1v) is 7.92. The number of carbonyl (C=O) groups is 1. The van der Waals surface area contributed by atoms with Crippen LogP contribution in [0.5, 0.6) is 0 Å². The van der Waals surface area contributed by atoms with E-state index in [2.05, 4.69) is 15.3 Å². The Labute approximate surface area is 131 Å². The van der Waals surface area contributed by atoms with Crippen LogP contribution in [0.2, 0.25) is 0 Å². The highest BCUT2D eigenvalue weighted by Gasteiger charge is 2.12. The van der Waals surface area contributed by atoms with Crippen molar-refractivity contribution in [1.82, 2.24) is 14.5 Å². The molecule has 0 aliphatic rings. The molecule has 7 nitrogen and oxygen atoms in total. The van der Waals surface area contributed by atoms with E-state index in [9.17, 15) is 14.4 Å². The summed E-state index contributed by atoms with van der Waals surface area (Å²) in [5.74, 6) is 0.244. The second-order valence-electron chi connectivity index (χ2n) is 4.95. The third-order valence-electron chi connectivity index (χ3n) is 3.23. The molecule has 0 aliphatic carbocycles. The van der Waals surface area contributed by atoms with Gasteiger partial charge in [-0.3, -0.25) is 4.98 Å². The second-order valence-corrected chi connectivity index (χ2v) is 5.88. The Morgan fingerprint density at radius 1 is 1.50 bits per heavy atom. The number of aromatic amines is 1. The zero-order valence-electron chi connectivity index (χ0n) is 12.5. The van der Waals surface area contributed by atoms with Crippen LogP contribution >= 0.6 is 11.3 Å². The highest BCUT2D eigenvalue weighted by molar-refractivity contribution is 7.12. The Morgan fingerprint density at radius 2 is 2.27 bits per heavy atom. The highest BCUT2D eigenvalue weighted by Crippen LogP contribution is 2.11. The van der Waals surface area contributed by atoms with Gasteiger partial charge in [-0.25, -0.2) is 14.2 Å². The molecule has 118 valence electrons. The van der Waals surface area contributed by atoms with Gasteiger partial charge in [0.1, 0.15) is 10.8 Å². The van der Waals surface area contributed by atoms with Crippen molar-refractivity contribution in [2.24, 2.45) is 0 Å². The third-order valence-corrected chi connectivity index (χ3v) is 4.09. The van der Waals surface area contributed by atoms with E-state index in [0.29, 0.717) is 17.8 Å². The lowest BCUT2D eigenvalue weighted by Crippen LogP contribution is -2.37. The monoisotopic (exact) mass is 322 g/mol. The summed E-state index contributed by atoms with van der Waals surface area (Å²) in [6.45, 7) is 3.50. The molecule has 0 spiro atoms. The minimum atomic E-state index is -0.630. The average Bonchev–Trinajstić information content (AvgIpc) is 2.96. The van der Waals surface area contributed by atoms with Crippen LogP contribution in [0.4, 0.5) is 5.95 Å². The zero-order valence-corrected chi connectivity index (χ0v) is 13.3. The molecule has 1 unspecified atom stereocenters. The van der Waals surface area contributed by atoms with Crippen molar-refractivity contribution in [3.05, 3.63) is 38.5 Å². The van der Waals surface area contributed by atoms with Gasteiger partial charge in [-0.1, -0.05) is 6.92 Å². The van der Waals surface area contributed by atoms with E-state index in [1.807, 2.05) is 6.92 Å². The van der Waals surface area contributed by atoms with Gasteiger partial charge in [0, 0.05) is 12.5 Å². The molecular formula is C14H18N4O3S. The maximum Gasteiger partial charge on any atom is 0.360 e. The van der Waals surface area contributed by atoms with Gasteiger partial charge in [-0.15, -0.1) is 11.3 Å². The van der Waals surface area contributed by atoms with E-state index in [4.69, 9.17) is 0 Å². The predicted octanol–water partition coefficient (Wildman–Crippen LogP) is 1.54. The molecule has 0 radical (unpaired) electrons. The van der Waals surface area contributed by atoms with Crippen LogP contribution in [0.3, 0.4) is 0 Å². The lowest BCUT2D eigenvalue weighted by atomic mass is 10.1. The van der Waals surface area contributed by atoms with Gasteiger partial charge in [0.05, 0.1) is 0 Å². The Hall–Kier alpha value is -2.22. The van der Waals surface area contributed by atoms with Crippen molar-refractivity contribution in [2.45, 2.75) is 39.2 Å². The van der Waals surface area contributed by atoms with Crippen molar-refractivity contribution in [3.8, 4) is 5.00 Å². The van der Waals surface area contributed by atoms with Crippen molar-refractivity contribution in [2.75, 3.05) is 5.32 Å². The number of H-pyrrole nitrogens is 1. The average molecular weight is 322 g/mol. The van der Waals surface area contributed by atoms with Gasteiger partial charge in [0.2, 0.25) is 5.95 Å². The molecule has 8 heteroatoms. The fourth-order valence-electron chi connectivity index (χ4n) is 2.03. The number of ketones is 1. The summed E-state index contributed by atoms with van der Waals surface area (Å²) in [4.78, 5) is 41.6. The number of anilines is 1. The predicted molar refractivity (Wildman–Crippen MR) is 85.9 cm³/mol. The maximum atomic E-state index is 12.1. The number of aromatic nitrogens is 3. The van der Waals surface area contributed by atoms with E-state index in [1.54, 1.807) is 17.5 Å².